The van der Waals surface area contributed by atoms with Crippen molar-refractivity contribution in [2.75, 3.05) is 6.54 Å². The van der Waals surface area contributed by atoms with Crippen molar-refractivity contribution < 1.29 is 9.90 Å². The summed E-state index contributed by atoms with van der Waals surface area (Å²) >= 11 is 1.52. The lowest BCUT2D eigenvalue weighted by Crippen LogP contribution is -2.26. The van der Waals surface area contributed by atoms with Gasteiger partial charge in [0.05, 0.1) is 11.0 Å². The number of carbonyl (C=O) groups excluding carboxylic acids is 1. The van der Waals surface area contributed by atoms with E-state index >= 15 is 0 Å². The Bertz CT molecular complexity index is 577. The fourth-order valence-electron chi connectivity index (χ4n) is 2.03. The number of aliphatic hydroxyl groups is 1. The maximum absolute atomic E-state index is 12.1. The molecule has 102 valence electrons. The van der Waals surface area contributed by atoms with E-state index in [0.29, 0.717) is 13.0 Å². The van der Waals surface area contributed by atoms with E-state index in [1.165, 1.54) is 11.3 Å². The number of carbonyl (C=O) groups is 1. The van der Waals surface area contributed by atoms with Gasteiger partial charge in [-0.2, -0.15) is 0 Å². The summed E-state index contributed by atoms with van der Waals surface area (Å²) in [5.74, 6) is -0.0398. The molecule has 4 heteroatoms. The number of hydrogen-bond donors (Lipinski definition) is 2. The highest BCUT2D eigenvalue weighted by Gasteiger charge is 2.14. The number of amides is 1. The van der Waals surface area contributed by atoms with Gasteiger partial charge in [0.2, 0.25) is 0 Å². The van der Waals surface area contributed by atoms with Crippen LogP contribution in [0, 0.1) is 6.92 Å². The van der Waals surface area contributed by atoms with Crippen LogP contribution in [-0.2, 0) is 0 Å². The van der Waals surface area contributed by atoms with Crippen molar-refractivity contribution in [3.8, 4) is 0 Å². The minimum absolute atomic E-state index is 0.0398. The second-order valence-electron chi connectivity index (χ2n) is 4.66. The lowest BCUT2D eigenvalue weighted by Gasteiger charge is -2.08. The Labute approximate surface area is 117 Å². The molecule has 19 heavy (non-hydrogen) atoms. The van der Waals surface area contributed by atoms with Crippen molar-refractivity contribution in [2.45, 2.75) is 32.8 Å². The van der Waals surface area contributed by atoms with Gasteiger partial charge < -0.3 is 10.4 Å². The van der Waals surface area contributed by atoms with Crippen molar-refractivity contribution in [1.82, 2.24) is 5.32 Å². The molecule has 1 atom stereocenters. The summed E-state index contributed by atoms with van der Waals surface area (Å²) in [5, 5.41) is 13.5. The number of benzene rings is 1. The molecular formula is C15H19NO2S. The largest absolute Gasteiger partial charge is 0.393 e. The standard InChI is InChI=1S/C15H19NO2S/c1-3-11(17)8-9-16-15(18)14-10(2)12-6-4-5-7-13(12)19-14/h4-7,11,17H,3,8-9H2,1-2H3,(H,16,18). The molecule has 0 bridgehead atoms. The summed E-state index contributed by atoms with van der Waals surface area (Å²) in [6, 6.07) is 8.04. The van der Waals surface area contributed by atoms with E-state index in [1.54, 1.807) is 0 Å². The van der Waals surface area contributed by atoms with E-state index in [2.05, 4.69) is 5.32 Å². The zero-order valence-electron chi connectivity index (χ0n) is 11.3. The smallest absolute Gasteiger partial charge is 0.261 e. The number of thiophene rings is 1. The second kappa shape index (κ2) is 6.17. The Morgan fingerprint density at radius 2 is 2.16 bits per heavy atom. The van der Waals surface area contributed by atoms with Gasteiger partial charge in [-0.1, -0.05) is 25.1 Å². The maximum Gasteiger partial charge on any atom is 0.261 e. The van der Waals surface area contributed by atoms with E-state index in [9.17, 15) is 9.90 Å². The number of aliphatic hydroxyl groups excluding tert-OH is 1. The van der Waals surface area contributed by atoms with Crippen LogP contribution >= 0.6 is 11.3 Å². The Morgan fingerprint density at radius 1 is 1.42 bits per heavy atom. The molecule has 0 spiro atoms. The lowest BCUT2D eigenvalue weighted by atomic mass is 10.1. The molecule has 0 aliphatic carbocycles. The summed E-state index contributed by atoms with van der Waals surface area (Å²) in [6.45, 7) is 4.43. The number of nitrogens with one attached hydrogen (secondary N) is 1. The number of hydrogen-bond acceptors (Lipinski definition) is 3. The SMILES string of the molecule is CCC(O)CCNC(=O)c1sc2ccccc2c1C. The molecule has 0 saturated carbocycles. The van der Waals surface area contributed by atoms with Crippen molar-refractivity contribution in [1.29, 1.82) is 0 Å². The fraction of sp³-hybridized carbons (Fsp3) is 0.400. The van der Waals surface area contributed by atoms with Crippen LogP contribution in [0.25, 0.3) is 10.1 Å². The summed E-state index contributed by atoms with van der Waals surface area (Å²) in [7, 11) is 0. The number of rotatable bonds is 5. The molecule has 0 radical (unpaired) electrons. The van der Waals surface area contributed by atoms with Gasteiger partial charge in [-0.3, -0.25) is 4.79 Å². The molecule has 1 unspecified atom stereocenters. The minimum atomic E-state index is -0.330. The molecule has 0 fully saturated rings. The molecule has 1 amide bonds. The van der Waals surface area contributed by atoms with Crippen LogP contribution in [0.5, 0.6) is 0 Å². The van der Waals surface area contributed by atoms with Gasteiger partial charge >= 0.3 is 0 Å². The van der Waals surface area contributed by atoms with Crippen LogP contribution in [0.1, 0.15) is 35.0 Å². The van der Waals surface area contributed by atoms with E-state index < -0.39 is 0 Å². The number of fused-ring (bicyclic) bond motifs is 1. The van der Waals surface area contributed by atoms with Crippen LogP contribution < -0.4 is 5.32 Å². The molecular weight excluding hydrogens is 258 g/mol. The van der Waals surface area contributed by atoms with E-state index in [1.807, 2.05) is 38.1 Å². The molecule has 0 aliphatic heterocycles. The van der Waals surface area contributed by atoms with Gasteiger partial charge in [-0.15, -0.1) is 11.3 Å². The molecule has 1 aromatic heterocycles. The van der Waals surface area contributed by atoms with Crippen LogP contribution in [0.3, 0.4) is 0 Å². The summed E-state index contributed by atoms with van der Waals surface area (Å²) in [6.07, 6.45) is 0.994. The van der Waals surface area contributed by atoms with Crippen LogP contribution in [-0.4, -0.2) is 23.7 Å². The maximum atomic E-state index is 12.1. The third-order valence-electron chi connectivity index (χ3n) is 3.28. The molecule has 0 saturated heterocycles. The Hall–Kier alpha value is -1.39. The molecule has 2 N–H and O–H groups in total. The van der Waals surface area contributed by atoms with Gasteiger partial charge in [0.1, 0.15) is 0 Å². The Kier molecular flexibility index (Phi) is 4.56. The lowest BCUT2D eigenvalue weighted by molar-refractivity contribution is 0.0945. The molecule has 3 nitrogen and oxygen atoms in total. The van der Waals surface area contributed by atoms with Crippen LogP contribution in [0.15, 0.2) is 24.3 Å². The molecule has 2 aromatic rings. The predicted octanol–water partition coefficient (Wildman–Crippen LogP) is 3.10. The van der Waals surface area contributed by atoms with Gasteiger partial charge in [0.15, 0.2) is 0 Å². The zero-order valence-corrected chi connectivity index (χ0v) is 12.1. The Morgan fingerprint density at radius 3 is 2.84 bits per heavy atom. The third kappa shape index (κ3) is 3.14. The zero-order chi connectivity index (χ0) is 13.8. The fourth-order valence-corrected chi connectivity index (χ4v) is 3.15. The van der Waals surface area contributed by atoms with Crippen LogP contribution in [0.4, 0.5) is 0 Å². The molecule has 1 aromatic carbocycles. The van der Waals surface area contributed by atoms with Gasteiger partial charge in [0.25, 0.3) is 5.91 Å². The summed E-state index contributed by atoms with van der Waals surface area (Å²) < 4.78 is 1.14. The summed E-state index contributed by atoms with van der Waals surface area (Å²) in [4.78, 5) is 12.9. The molecule has 1 heterocycles. The van der Waals surface area contributed by atoms with Crippen molar-refractivity contribution in [3.05, 3.63) is 34.7 Å². The highest BCUT2D eigenvalue weighted by atomic mass is 32.1. The van der Waals surface area contributed by atoms with Gasteiger partial charge in [-0.05, 0) is 36.8 Å². The van der Waals surface area contributed by atoms with E-state index in [-0.39, 0.29) is 12.0 Å². The van der Waals surface area contributed by atoms with E-state index in [4.69, 9.17) is 0 Å². The van der Waals surface area contributed by atoms with Crippen molar-refractivity contribution in [2.24, 2.45) is 0 Å². The van der Waals surface area contributed by atoms with Crippen molar-refractivity contribution in [3.63, 3.8) is 0 Å². The third-order valence-corrected chi connectivity index (χ3v) is 4.56. The highest BCUT2D eigenvalue weighted by molar-refractivity contribution is 7.21. The monoisotopic (exact) mass is 277 g/mol. The normalized spacial score (nSPS) is 12.6. The first-order chi connectivity index (χ1) is 9.13. The predicted molar refractivity (Wildman–Crippen MR) is 79.8 cm³/mol. The van der Waals surface area contributed by atoms with Crippen LogP contribution in [0.2, 0.25) is 0 Å². The minimum Gasteiger partial charge on any atom is -0.393 e. The van der Waals surface area contributed by atoms with Gasteiger partial charge in [0, 0.05) is 11.2 Å². The average Bonchev–Trinajstić information content (AvgIpc) is 2.76. The molecule has 0 aliphatic rings. The van der Waals surface area contributed by atoms with E-state index in [0.717, 1.165) is 26.9 Å². The first kappa shape index (κ1) is 14.0. The highest BCUT2D eigenvalue weighted by Crippen LogP contribution is 2.30. The first-order valence-corrected chi connectivity index (χ1v) is 7.39. The van der Waals surface area contributed by atoms with Crippen molar-refractivity contribution >= 4 is 27.3 Å². The topological polar surface area (TPSA) is 49.3 Å². The Balaban J connectivity index is 2.07. The second-order valence-corrected chi connectivity index (χ2v) is 5.71. The summed E-state index contributed by atoms with van der Waals surface area (Å²) in [5.41, 5.74) is 1.04. The van der Waals surface area contributed by atoms with Gasteiger partial charge in [-0.25, -0.2) is 0 Å². The number of aryl methyl sites for hydroxylation is 1. The quantitative estimate of drug-likeness (QED) is 0.882. The first-order valence-electron chi connectivity index (χ1n) is 6.58. The average molecular weight is 277 g/mol. The molecule has 2 rings (SSSR count).